The van der Waals surface area contributed by atoms with Gasteiger partial charge in [-0.2, -0.15) is 0 Å². The van der Waals surface area contributed by atoms with Gasteiger partial charge in [-0.25, -0.2) is 0 Å². The third-order valence-corrected chi connectivity index (χ3v) is 6.28. The van der Waals surface area contributed by atoms with Gasteiger partial charge < -0.3 is 4.90 Å². The summed E-state index contributed by atoms with van der Waals surface area (Å²) >= 11 is 7.16. The number of Topliss-reactive ketones (excluding diaryl/α,β-unsaturated/α-hetero) is 1. The van der Waals surface area contributed by atoms with Crippen LogP contribution in [0.2, 0.25) is 0 Å². The van der Waals surface area contributed by atoms with Gasteiger partial charge in [0, 0.05) is 42.5 Å². The molecule has 27 heavy (non-hydrogen) atoms. The van der Waals surface area contributed by atoms with Gasteiger partial charge in [0.25, 0.3) is 5.69 Å². The third kappa shape index (κ3) is 5.14. The van der Waals surface area contributed by atoms with E-state index in [1.165, 1.54) is 24.3 Å². The van der Waals surface area contributed by atoms with E-state index in [-0.39, 0.29) is 16.7 Å². The number of nitro groups is 1. The molecule has 2 aromatic carbocycles. The highest BCUT2D eigenvalue weighted by atomic mass is 32.2. The molecule has 0 bridgehead atoms. The molecule has 1 saturated heterocycles. The number of hydrogen-bond acceptors (Lipinski definition) is 5. The number of rotatable bonds is 6. The van der Waals surface area contributed by atoms with Gasteiger partial charge in [-0.15, -0.1) is 0 Å². The van der Waals surface area contributed by atoms with E-state index in [0.29, 0.717) is 12.0 Å². The van der Waals surface area contributed by atoms with E-state index in [1.54, 1.807) is 11.8 Å². The number of likely N-dealkylation sites (tertiary alicyclic amines) is 1. The molecule has 0 aliphatic carbocycles. The van der Waals surface area contributed by atoms with E-state index in [4.69, 9.17) is 12.2 Å². The van der Waals surface area contributed by atoms with Crippen molar-refractivity contribution in [2.75, 3.05) is 13.1 Å². The van der Waals surface area contributed by atoms with Crippen molar-refractivity contribution in [1.29, 1.82) is 0 Å². The highest BCUT2D eigenvalue weighted by molar-refractivity contribution is 8.23. The summed E-state index contributed by atoms with van der Waals surface area (Å²) in [7, 11) is 0. The number of nitro benzene ring substituents is 1. The summed E-state index contributed by atoms with van der Waals surface area (Å²) in [5.41, 5.74) is 1.52. The Morgan fingerprint density at radius 2 is 1.74 bits per heavy atom. The van der Waals surface area contributed by atoms with Crippen LogP contribution >= 0.6 is 24.0 Å². The lowest BCUT2D eigenvalue weighted by atomic mass is 10.0. The Morgan fingerprint density at radius 1 is 1.11 bits per heavy atom. The molecule has 1 atom stereocenters. The van der Waals surface area contributed by atoms with E-state index in [2.05, 4.69) is 4.90 Å². The topological polar surface area (TPSA) is 63.5 Å². The number of carbonyl (C=O) groups is 1. The Labute approximate surface area is 167 Å². The molecule has 3 rings (SSSR count). The smallest absolute Gasteiger partial charge is 0.269 e. The molecule has 0 saturated carbocycles. The third-order valence-electron chi connectivity index (χ3n) is 4.55. The predicted octanol–water partition coefficient (Wildman–Crippen LogP) is 5.02. The average Bonchev–Trinajstić information content (AvgIpc) is 3.23. The number of nitrogens with zero attached hydrogens (tertiary/aromatic N) is 2. The summed E-state index contributed by atoms with van der Waals surface area (Å²) in [6.45, 7) is 1.95. The van der Waals surface area contributed by atoms with Gasteiger partial charge in [-0.1, -0.05) is 54.3 Å². The monoisotopic (exact) mass is 400 g/mol. The number of benzene rings is 2. The fourth-order valence-electron chi connectivity index (χ4n) is 3.05. The maximum absolute atomic E-state index is 12.8. The quantitative estimate of drug-likeness (QED) is 0.293. The van der Waals surface area contributed by atoms with Gasteiger partial charge in [0.15, 0.2) is 5.78 Å². The second-order valence-electron chi connectivity index (χ2n) is 6.41. The molecule has 1 aliphatic rings. The minimum atomic E-state index is -0.467. The van der Waals surface area contributed by atoms with Crippen LogP contribution in [-0.4, -0.2) is 33.0 Å². The number of hydrogen-bond donors (Lipinski definition) is 0. The van der Waals surface area contributed by atoms with E-state index in [9.17, 15) is 14.9 Å². The van der Waals surface area contributed by atoms with Gasteiger partial charge in [0.05, 0.1) is 4.92 Å². The van der Waals surface area contributed by atoms with Crippen molar-refractivity contribution in [2.45, 2.75) is 24.5 Å². The van der Waals surface area contributed by atoms with Crippen LogP contribution in [0.3, 0.4) is 0 Å². The first-order chi connectivity index (χ1) is 13.0. The van der Waals surface area contributed by atoms with E-state index < -0.39 is 4.92 Å². The summed E-state index contributed by atoms with van der Waals surface area (Å²) in [4.78, 5) is 25.3. The first-order valence-corrected chi connectivity index (χ1v) is 10.1. The zero-order chi connectivity index (χ0) is 19.2. The molecule has 1 unspecified atom stereocenters. The van der Waals surface area contributed by atoms with Crippen molar-refractivity contribution in [3.63, 3.8) is 0 Å². The summed E-state index contributed by atoms with van der Waals surface area (Å²) < 4.78 is 0.831. The van der Waals surface area contributed by atoms with E-state index in [1.807, 2.05) is 30.3 Å². The van der Waals surface area contributed by atoms with Gasteiger partial charge in [0.1, 0.15) is 4.32 Å². The second kappa shape index (κ2) is 9.10. The molecule has 7 heteroatoms. The van der Waals surface area contributed by atoms with Crippen LogP contribution in [0, 0.1) is 10.1 Å². The number of thioether (sulfide) groups is 1. The summed E-state index contributed by atoms with van der Waals surface area (Å²) in [6, 6.07) is 15.6. The Bertz CT molecular complexity index is 819. The number of ketones is 1. The van der Waals surface area contributed by atoms with Gasteiger partial charge in [0.2, 0.25) is 0 Å². The zero-order valence-corrected chi connectivity index (χ0v) is 16.4. The normalized spacial score (nSPS) is 14.7. The lowest BCUT2D eigenvalue weighted by Gasteiger charge is -2.23. The Hall–Kier alpha value is -2.25. The minimum Gasteiger partial charge on any atom is -0.358 e. The summed E-state index contributed by atoms with van der Waals surface area (Å²) in [5, 5.41) is 10.7. The molecular weight excluding hydrogens is 380 g/mol. The molecule has 0 N–H and O–H groups in total. The van der Waals surface area contributed by atoms with E-state index in [0.717, 1.165) is 35.8 Å². The SMILES string of the molecule is O=C(CC(SC(=S)N1CCCC1)c1ccccc1)c1ccc([N+](=O)[O-])cc1. The first kappa shape index (κ1) is 19.5. The lowest BCUT2D eigenvalue weighted by molar-refractivity contribution is -0.384. The molecule has 0 aromatic heterocycles. The van der Waals surface area contributed by atoms with Gasteiger partial charge >= 0.3 is 0 Å². The fourth-order valence-corrected chi connectivity index (χ4v) is 4.68. The molecule has 140 valence electrons. The maximum atomic E-state index is 12.8. The van der Waals surface area contributed by atoms with Crippen molar-refractivity contribution >= 4 is 39.8 Å². The predicted molar refractivity (Wildman–Crippen MR) is 112 cm³/mol. The number of thiocarbonyl (C=S) groups is 1. The molecule has 1 aliphatic heterocycles. The van der Waals surface area contributed by atoms with Gasteiger partial charge in [-0.3, -0.25) is 14.9 Å². The average molecular weight is 401 g/mol. The summed E-state index contributed by atoms with van der Waals surface area (Å²) in [6.07, 6.45) is 2.59. The highest BCUT2D eigenvalue weighted by Gasteiger charge is 2.23. The molecule has 2 aromatic rings. The molecule has 0 radical (unpaired) electrons. The Kier molecular flexibility index (Phi) is 6.58. The molecule has 1 fully saturated rings. The van der Waals surface area contributed by atoms with Crippen molar-refractivity contribution < 1.29 is 9.72 Å². The van der Waals surface area contributed by atoms with Crippen LogP contribution in [0.5, 0.6) is 0 Å². The van der Waals surface area contributed by atoms with Crippen molar-refractivity contribution in [1.82, 2.24) is 4.90 Å². The van der Waals surface area contributed by atoms with Crippen LogP contribution in [0.25, 0.3) is 0 Å². The second-order valence-corrected chi connectivity index (χ2v) is 8.25. The van der Waals surface area contributed by atoms with Crippen LogP contribution in [0.4, 0.5) is 5.69 Å². The van der Waals surface area contributed by atoms with E-state index >= 15 is 0 Å². The largest absolute Gasteiger partial charge is 0.358 e. The molecular formula is C20H20N2O3S2. The molecule has 5 nitrogen and oxygen atoms in total. The Balaban J connectivity index is 1.75. The summed E-state index contributed by atoms with van der Waals surface area (Å²) in [5.74, 6) is -0.0459. The molecule has 0 amide bonds. The molecule has 1 heterocycles. The number of non-ortho nitro benzene ring substituents is 1. The fraction of sp³-hybridized carbons (Fsp3) is 0.300. The van der Waals surface area contributed by atoms with Crippen LogP contribution in [0.15, 0.2) is 54.6 Å². The lowest BCUT2D eigenvalue weighted by Crippen LogP contribution is -2.24. The highest BCUT2D eigenvalue weighted by Crippen LogP contribution is 2.36. The minimum absolute atomic E-state index is 0.0178. The van der Waals surface area contributed by atoms with Crippen molar-refractivity contribution in [3.05, 3.63) is 75.8 Å². The van der Waals surface area contributed by atoms with Crippen LogP contribution < -0.4 is 0 Å². The van der Waals surface area contributed by atoms with Crippen molar-refractivity contribution in [3.8, 4) is 0 Å². The first-order valence-electron chi connectivity index (χ1n) is 8.83. The zero-order valence-electron chi connectivity index (χ0n) is 14.7. The Morgan fingerprint density at radius 3 is 2.33 bits per heavy atom. The standard InChI is InChI=1S/C20H20N2O3S2/c23-18(15-8-10-17(11-9-15)22(24)25)14-19(16-6-2-1-3-7-16)27-20(26)21-12-4-5-13-21/h1-3,6-11,19H,4-5,12-14H2. The molecule has 0 spiro atoms. The van der Waals surface area contributed by atoms with Gasteiger partial charge in [-0.05, 0) is 30.5 Å². The van der Waals surface area contributed by atoms with Crippen LogP contribution in [0.1, 0.15) is 40.4 Å². The van der Waals surface area contributed by atoms with Crippen LogP contribution in [-0.2, 0) is 0 Å². The van der Waals surface area contributed by atoms with Crippen molar-refractivity contribution in [2.24, 2.45) is 0 Å². The number of carbonyl (C=O) groups excluding carboxylic acids is 1. The maximum Gasteiger partial charge on any atom is 0.269 e.